The number of methoxy groups -OCH3 is 2. The second-order valence-corrected chi connectivity index (χ2v) is 8.49. The van der Waals surface area contributed by atoms with E-state index >= 15 is 0 Å². The number of benzene rings is 4. The van der Waals surface area contributed by atoms with Crippen molar-refractivity contribution >= 4 is 0 Å². The van der Waals surface area contributed by atoms with Gasteiger partial charge in [-0.25, -0.2) is 0 Å². The molecule has 192 valence electrons. The number of hydrogen-bond acceptors (Lipinski definition) is 5. The van der Waals surface area contributed by atoms with Gasteiger partial charge in [-0.3, -0.25) is 0 Å². The molecule has 4 aromatic rings. The van der Waals surface area contributed by atoms with Crippen LogP contribution in [0.5, 0.6) is 23.0 Å². The zero-order chi connectivity index (χ0) is 26.0. The fourth-order valence-electron chi connectivity index (χ4n) is 4.24. The van der Waals surface area contributed by atoms with Gasteiger partial charge in [-0.2, -0.15) is 0 Å². The lowest BCUT2D eigenvalue weighted by Gasteiger charge is -2.20. The molecule has 0 spiro atoms. The molecule has 0 heterocycles. The summed E-state index contributed by atoms with van der Waals surface area (Å²) in [6.45, 7) is 4.72. The van der Waals surface area contributed by atoms with Crippen LogP contribution in [0.4, 0.5) is 0 Å². The second kappa shape index (κ2) is 12.8. The summed E-state index contributed by atoms with van der Waals surface area (Å²) in [7, 11) is 3.35. The van der Waals surface area contributed by atoms with Crippen LogP contribution in [0.15, 0.2) is 91.0 Å². The summed E-state index contributed by atoms with van der Waals surface area (Å²) in [4.78, 5) is 0. The van der Waals surface area contributed by atoms with Crippen LogP contribution >= 0.6 is 0 Å². The van der Waals surface area contributed by atoms with Gasteiger partial charge in [0.2, 0.25) is 0 Å². The van der Waals surface area contributed by atoms with E-state index in [0.717, 1.165) is 51.7 Å². The van der Waals surface area contributed by atoms with Crippen molar-refractivity contribution in [1.29, 1.82) is 0 Å². The van der Waals surface area contributed by atoms with Crippen molar-refractivity contribution in [3.63, 3.8) is 0 Å². The van der Waals surface area contributed by atoms with Gasteiger partial charge in [0.25, 0.3) is 0 Å². The van der Waals surface area contributed by atoms with Crippen LogP contribution in [0.3, 0.4) is 0 Å². The lowest BCUT2D eigenvalue weighted by molar-refractivity contribution is -0.0738. The average Bonchev–Trinajstić information content (AvgIpc) is 2.95. The van der Waals surface area contributed by atoms with Gasteiger partial charge in [0.1, 0.15) is 29.6 Å². The molecule has 0 N–H and O–H groups in total. The van der Waals surface area contributed by atoms with E-state index in [1.165, 1.54) is 5.56 Å². The summed E-state index contributed by atoms with van der Waals surface area (Å²) in [6.07, 6.45) is 0.589. The summed E-state index contributed by atoms with van der Waals surface area (Å²) < 4.78 is 29.5. The van der Waals surface area contributed by atoms with Crippen LogP contribution in [0, 0.1) is 0 Å². The summed E-state index contributed by atoms with van der Waals surface area (Å²) in [5.74, 6) is 3.07. The first-order chi connectivity index (χ1) is 18.1. The van der Waals surface area contributed by atoms with Crippen molar-refractivity contribution in [2.24, 2.45) is 0 Å². The summed E-state index contributed by atoms with van der Waals surface area (Å²) >= 11 is 0. The number of rotatable bonds is 12. The SMILES string of the molecule is CCc1ccc(OC(C)OCCOc2c(-c3ccccc3OC)cccc2-c2ccccc2OC)cc1. The van der Waals surface area contributed by atoms with E-state index < -0.39 is 6.29 Å². The van der Waals surface area contributed by atoms with Gasteiger partial charge < -0.3 is 23.7 Å². The Balaban J connectivity index is 1.55. The molecule has 1 atom stereocenters. The molecule has 0 aromatic heterocycles. The molecule has 5 nitrogen and oxygen atoms in total. The molecule has 0 aliphatic rings. The fourth-order valence-corrected chi connectivity index (χ4v) is 4.24. The van der Waals surface area contributed by atoms with Crippen molar-refractivity contribution in [2.75, 3.05) is 27.4 Å². The van der Waals surface area contributed by atoms with E-state index in [1.807, 2.05) is 85.8 Å². The van der Waals surface area contributed by atoms with Crippen LogP contribution in [0.1, 0.15) is 19.4 Å². The zero-order valence-corrected chi connectivity index (χ0v) is 21.9. The van der Waals surface area contributed by atoms with Gasteiger partial charge in [-0.15, -0.1) is 0 Å². The van der Waals surface area contributed by atoms with Gasteiger partial charge in [0.05, 0.1) is 20.8 Å². The highest BCUT2D eigenvalue weighted by atomic mass is 16.7. The first-order valence-corrected chi connectivity index (χ1v) is 12.5. The Hall–Kier alpha value is -3.96. The summed E-state index contributed by atoms with van der Waals surface area (Å²) in [6, 6.07) is 30.0. The van der Waals surface area contributed by atoms with Gasteiger partial charge >= 0.3 is 0 Å². The Bertz CT molecular complexity index is 1220. The third kappa shape index (κ3) is 6.43. The Morgan fingerprint density at radius 2 is 1.16 bits per heavy atom. The largest absolute Gasteiger partial charge is 0.496 e. The van der Waals surface area contributed by atoms with Crippen molar-refractivity contribution in [3.05, 3.63) is 96.6 Å². The van der Waals surface area contributed by atoms with E-state index in [0.29, 0.717) is 13.2 Å². The van der Waals surface area contributed by atoms with Crippen LogP contribution in [-0.2, 0) is 11.2 Å². The summed E-state index contributed by atoms with van der Waals surface area (Å²) in [5, 5.41) is 0. The van der Waals surface area contributed by atoms with Gasteiger partial charge in [0, 0.05) is 22.3 Å². The third-order valence-corrected chi connectivity index (χ3v) is 6.13. The maximum Gasteiger partial charge on any atom is 0.197 e. The summed E-state index contributed by atoms with van der Waals surface area (Å²) in [5.41, 5.74) is 5.03. The maximum atomic E-state index is 6.42. The number of para-hydroxylation sites is 3. The molecule has 0 bridgehead atoms. The first-order valence-electron chi connectivity index (χ1n) is 12.5. The minimum atomic E-state index is -0.408. The number of ether oxygens (including phenoxy) is 5. The Kier molecular flexibility index (Phi) is 9.06. The molecule has 0 radical (unpaired) electrons. The van der Waals surface area contributed by atoms with E-state index in [4.69, 9.17) is 23.7 Å². The molecule has 0 saturated heterocycles. The van der Waals surface area contributed by atoms with E-state index in [9.17, 15) is 0 Å². The highest BCUT2D eigenvalue weighted by Gasteiger charge is 2.18. The van der Waals surface area contributed by atoms with Crippen LogP contribution in [-0.4, -0.2) is 33.7 Å². The van der Waals surface area contributed by atoms with Crippen LogP contribution in [0.25, 0.3) is 22.3 Å². The lowest BCUT2D eigenvalue weighted by atomic mass is 9.96. The molecule has 1 unspecified atom stereocenters. The van der Waals surface area contributed by atoms with Crippen molar-refractivity contribution in [1.82, 2.24) is 0 Å². The lowest BCUT2D eigenvalue weighted by Crippen LogP contribution is -2.20. The van der Waals surface area contributed by atoms with Crippen molar-refractivity contribution in [2.45, 2.75) is 26.6 Å². The Labute approximate surface area is 219 Å². The quantitative estimate of drug-likeness (QED) is 0.150. The molecule has 4 aromatic carbocycles. The highest BCUT2D eigenvalue weighted by Crippen LogP contribution is 2.44. The minimum absolute atomic E-state index is 0.344. The number of aryl methyl sites for hydroxylation is 1. The van der Waals surface area contributed by atoms with Gasteiger partial charge in [0.15, 0.2) is 6.29 Å². The van der Waals surface area contributed by atoms with E-state index in [1.54, 1.807) is 14.2 Å². The Morgan fingerprint density at radius 1 is 0.622 bits per heavy atom. The molecule has 4 rings (SSSR count). The maximum absolute atomic E-state index is 6.42. The smallest absolute Gasteiger partial charge is 0.197 e. The van der Waals surface area contributed by atoms with Crippen molar-refractivity contribution < 1.29 is 23.7 Å². The Morgan fingerprint density at radius 3 is 1.70 bits per heavy atom. The minimum Gasteiger partial charge on any atom is -0.496 e. The van der Waals surface area contributed by atoms with Gasteiger partial charge in [-0.05, 0) is 43.2 Å². The zero-order valence-electron chi connectivity index (χ0n) is 21.9. The molecule has 0 fully saturated rings. The topological polar surface area (TPSA) is 46.2 Å². The van der Waals surface area contributed by atoms with E-state index in [-0.39, 0.29) is 0 Å². The molecule has 0 aliphatic carbocycles. The first kappa shape index (κ1) is 26.1. The molecule has 0 amide bonds. The van der Waals surface area contributed by atoms with Crippen LogP contribution in [0.2, 0.25) is 0 Å². The molecule has 0 saturated carbocycles. The number of hydrogen-bond donors (Lipinski definition) is 0. The predicted octanol–water partition coefficient (Wildman–Crippen LogP) is 7.42. The predicted molar refractivity (Wildman–Crippen MR) is 148 cm³/mol. The second-order valence-electron chi connectivity index (χ2n) is 8.49. The van der Waals surface area contributed by atoms with E-state index in [2.05, 4.69) is 19.1 Å². The molecule has 5 heteroatoms. The van der Waals surface area contributed by atoms with Crippen LogP contribution < -0.4 is 18.9 Å². The fraction of sp³-hybridized carbons (Fsp3) is 0.250. The monoisotopic (exact) mass is 498 g/mol. The van der Waals surface area contributed by atoms with Crippen molar-refractivity contribution in [3.8, 4) is 45.3 Å². The molecular formula is C32H34O5. The normalized spacial score (nSPS) is 11.6. The average molecular weight is 499 g/mol. The highest BCUT2D eigenvalue weighted by molar-refractivity contribution is 5.86. The third-order valence-electron chi connectivity index (χ3n) is 6.13. The molecule has 0 aliphatic heterocycles. The molecular weight excluding hydrogens is 464 g/mol. The van der Waals surface area contributed by atoms with Gasteiger partial charge in [-0.1, -0.05) is 73.7 Å². The standard InChI is InChI=1S/C32H34O5/c1-5-24-17-19-25(20-18-24)37-23(2)35-21-22-36-32-28(26-11-6-8-15-30(26)33-3)13-10-14-29(32)27-12-7-9-16-31(27)34-4/h6-20,23H,5,21-22H2,1-4H3. The molecule has 37 heavy (non-hydrogen) atoms.